The second-order valence-electron chi connectivity index (χ2n) is 3.13. The van der Waals surface area contributed by atoms with E-state index < -0.39 is 0 Å². The second-order valence-corrected chi connectivity index (χ2v) is 3.13. The normalized spacial score (nSPS) is 34.8. The van der Waals surface area contributed by atoms with Gasteiger partial charge in [-0.2, -0.15) is 0 Å². The van der Waals surface area contributed by atoms with E-state index >= 15 is 0 Å². The minimum absolute atomic E-state index is 0.00583. The molecule has 3 atom stereocenters. The number of methoxy groups -OCH3 is 3. The van der Waals surface area contributed by atoms with Gasteiger partial charge in [0.1, 0.15) is 12.2 Å². The van der Waals surface area contributed by atoms with Crippen molar-refractivity contribution in [3.05, 3.63) is 0 Å². The van der Waals surface area contributed by atoms with Crippen LogP contribution in [0.5, 0.6) is 0 Å². The Kier molecular flexibility index (Phi) is 4.66. The summed E-state index contributed by atoms with van der Waals surface area (Å²) >= 11 is 0. The molecule has 0 N–H and O–H groups in total. The van der Waals surface area contributed by atoms with E-state index in [0.717, 1.165) is 6.42 Å². The summed E-state index contributed by atoms with van der Waals surface area (Å²) in [6.07, 6.45) is 0.987. The Hall–Kier alpha value is -0.160. The molecule has 1 fully saturated rings. The van der Waals surface area contributed by atoms with Crippen molar-refractivity contribution in [2.24, 2.45) is 0 Å². The summed E-state index contributed by atoms with van der Waals surface area (Å²) in [6, 6.07) is 0. The Morgan fingerprint density at radius 2 is 2.00 bits per heavy atom. The maximum absolute atomic E-state index is 5.52. The average molecular weight is 190 g/mol. The van der Waals surface area contributed by atoms with E-state index in [9.17, 15) is 0 Å². The maximum Gasteiger partial charge on any atom is 0.112 e. The molecule has 1 rings (SSSR count). The molecule has 1 saturated heterocycles. The van der Waals surface area contributed by atoms with Crippen molar-refractivity contribution >= 4 is 0 Å². The minimum atomic E-state index is -0.0151. The van der Waals surface area contributed by atoms with Crippen LogP contribution in [0.25, 0.3) is 0 Å². The number of ether oxygens (including phenoxy) is 4. The van der Waals surface area contributed by atoms with Gasteiger partial charge in [-0.15, -0.1) is 0 Å². The Labute approximate surface area is 79.1 Å². The van der Waals surface area contributed by atoms with E-state index in [1.54, 1.807) is 21.3 Å². The van der Waals surface area contributed by atoms with Gasteiger partial charge in [0.15, 0.2) is 0 Å². The number of hydrogen-bond donors (Lipinski definition) is 0. The first kappa shape index (κ1) is 10.9. The SMILES string of the molecule is COC[C@H]1OCC[C@@H](OC)[C@@H]1OC. The van der Waals surface area contributed by atoms with Crippen LogP contribution in [-0.2, 0) is 18.9 Å². The van der Waals surface area contributed by atoms with E-state index in [1.165, 1.54) is 0 Å². The lowest BCUT2D eigenvalue weighted by Crippen LogP contribution is -2.48. The van der Waals surface area contributed by atoms with Crippen LogP contribution >= 0.6 is 0 Å². The first-order chi connectivity index (χ1) is 6.33. The molecule has 0 amide bonds. The highest BCUT2D eigenvalue weighted by Crippen LogP contribution is 2.19. The third-order valence-electron chi connectivity index (χ3n) is 2.37. The molecule has 0 spiro atoms. The first-order valence-corrected chi connectivity index (χ1v) is 4.49. The summed E-state index contributed by atoms with van der Waals surface area (Å²) in [5.41, 5.74) is 0. The van der Waals surface area contributed by atoms with Crippen molar-refractivity contribution in [3.8, 4) is 0 Å². The summed E-state index contributed by atoms with van der Waals surface area (Å²) in [7, 11) is 5.03. The van der Waals surface area contributed by atoms with Gasteiger partial charge in [-0.05, 0) is 6.42 Å². The third-order valence-corrected chi connectivity index (χ3v) is 2.37. The van der Waals surface area contributed by atoms with Gasteiger partial charge < -0.3 is 18.9 Å². The Morgan fingerprint density at radius 3 is 2.54 bits per heavy atom. The van der Waals surface area contributed by atoms with Crippen molar-refractivity contribution in [1.29, 1.82) is 0 Å². The van der Waals surface area contributed by atoms with E-state index in [0.29, 0.717) is 13.2 Å². The Bertz CT molecular complexity index is 138. The summed E-state index contributed by atoms with van der Waals surface area (Å²) in [4.78, 5) is 0. The lowest BCUT2D eigenvalue weighted by Gasteiger charge is -2.35. The van der Waals surface area contributed by atoms with Crippen molar-refractivity contribution < 1.29 is 18.9 Å². The molecular weight excluding hydrogens is 172 g/mol. The molecule has 0 saturated carbocycles. The minimum Gasteiger partial charge on any atom is -0.382 e. The van der Waals surface area contributed by atoms with Gasteiger partial charge in [0.25, 0.3) is 0 Å². The molecule has 4 heteroatoms. The summed E-state index contributed by atoms with van der Waals surface area (Å²) in [6.45, 7) is 1.27. The fraction of sp³-hybridized carbons (Fsp3) is 1.00. The van der Waals surface area contributed by atoms with Crippen LogP contribution in [0, 0.1) is 0 Å². The molecule has 0 bridgehead atoms. The van der Waals surface area contributed by atoms with Gasteiger partial charge in [-0.3, -0.25) is 0 Å². The Morgan fingerprint density at radius 1 is 1.23 bits per heavy atom. The van der Waals surface area contributed by atoms with E-state index in [4.69, 9.17) is 18.9 Å². The molecule has 1 heterocycles. The highest BCUT2D eigenvalue weighted by Gasteiger charge is 2.34. The molecule has 0 radical (unpaired) electrons. The van der Waals surface area contributed by atoms with Gasteiger partial charge in [-0.25, -0.2) is 0 Å². The van der Waals surface area contributed by atoms with Crippen molar-refractivity contribution in [3.63, 3.8) is 0 Å². The molecular formula is C9H18O4. The highest BCUT2D eigenvalue weighted by molar-refractivity contribution is 4.83. The molecule has 13 heavy (non-hydrogen) atoms. The van der Waals surface area contributed by atoms with E-state index in [1.807, 2.05) is 0 Å². The second kappa shape index (κ2) is 5.54. The van der Waals surface area contributed by atoms with Crippen LogP contribution in [0.3, 0.4) is 0 Å². The molecule has 0 aliphatic carbocycles. The predicted molar refractivity (Wildman–Crippen MR) is 47.8 cm³/mol. The van der Waals surface area contributed by atoms with Crippen molar-refractivity contribution in [2.45, 2.75) is 24.7 Å². The summed E-state index contributed by atoms with van der Waals surface area (Å²) in [5.74, 6) is 0. The summed E-state index contributed by atoms with van der Waals surface area (Å²) in [5, 5.41) is 0. The fourth-order valence-electron chi connectivity index (χ4n) is 1.70. The quantitative estimate of drug-likeness (QED) is 0.645. The van der Waals surface area contributed by atoms with Crippen molar-refractivity contribution in [1.82, 2.24) is 0 Å². The number of rotatable bonds is 4. The van der Waals surface area contributed by atoms with E-state index in [2.05, 4.69) is 0 Å². The largest absolute Gasteiger partial charge is 0.382 e. The standard InChI is InChI=1S/C9H18O4/c1-10-6-8-9(12-3)7(11-2)4-5-13-8/h7-9H,4-6H2,1-3H3/t7-,8-,9+/m1/s1. The van der Waals surface area contributed by atoms with E-state index in [-0.39, 0.29) is 18.3 Å². The van der Waals surface area contributed by atoms with Crippen LogP contribution in [0.2, 0.25) is 0 Å². The summed E-state index contributed by atoms with van der Waals surface area (Å²) < 4.78 is 21.2. The fourth-order valence-corrected chi connectivity index (χ4v) is 1.70. The smallest absolute Gasteiger partial charge is 0.112 e. The molecule has 78 valence electrons. The zero-order valence-electron chi connectivity index (χ0n) is 8.49. The Balaban J connectivity index is 2.50. The molecule has 4 nitrogen and oxygen atoms in total. The topological polar surface area (TPSA) is 36.9 Å². The van der Waals surface area contributed by atoms with Crippen LogP contribution < -0.4 is 0 Å². The third kappa shape index (κ3) is 2.64. The predicted octanol–water partition coefficient (Wildman–Crippen LogP) is 0.452. The van der Waals surface area contributed by atoms with Crippen LogP contribution in [-0.4, -0.2) is 52.9 Å². The van der Waals surface area contributed by atoms with Gasteiger partial charge in [0.2, 0.25) is 0 Å². The monoisotopic (exact) mass is 190 g/mol. The molecule has 0 aromatic carbocycles. The molecule has 1 aliphatic rings. The first-order valence-electron chi connectivity index (χ1n) is 4.49. The lowest BCUT2D eigenvalue weighted by molar-refractivity contribution is -0.171. The molecule has 0 unspecified atom stereocenters. The number of hydrogen-bond acceptors (Lipinski definition) is 4. The molecule has 0 aromatic rings. The zero-order valence-corrected chi connectivity index (χ0v) is 8.49. The van der Waals surface area contributed by atoms with Crippen LogP contribution in [0.4, 0.5) is 0 Å². The van der Waals surface area contributed by atoms with Crippen LogP contribution in [0.15, 0.2) is 0 Å². The van der Waals surface area contributed by atoms with Gasteiger partial charge in [0, 0.05) is 27.9 Å². The maximum atomic E-state index is 5.52. The van der Waals surface area contributed by atoms with Gasteiger partial charge in [0.05, 0.1) is 12.7 Å². The van der Waals surface area contributed by atoms with Crippen molar-refractivity contribution in [2.75, 3.05) is 34.5 Å². The molecule has 0 aromatic heterocycles. The van der Waals surface area contributed by atoms with Crippen LogP contribution in [0.1, 0.15) is 6.42 Å². The lowest BCUT2D eigenvalue weighted by atomic mass is 10.0. The zero-order chi connectivity index (χ0) is 9.68. The molecule has 1 aliphatic heterocycles. The average Bonchev–Trinajstić information content (AvgIpc) is 2.18. The van der Waals surface area contributed by atoms with Gasteiger partial charge in [-0.1, -0.05) is 0 Å². The highest BCUT2D eigenvalue weighted by atomic mass is 16.6. The van der Waals surface area contributed by atoms with Gasteiger partial charge >= 0.3 is 0 Å².